The standard InChI is InChI=1S/C24H21ClN2O4/c1-16-5-8-20(9-6-16)30-14-23(28)26-19-7-10-22-21(12-19)27(24(29)15-31-22)13-17-3-2-4-18(25)11-17/h2-12H,13-15H2,1H3,(H,26,28). The van der Waals surface area contributed by atoms with E-state index in [0.717, 1.165) is 11.1 Å². The zero-order valence-corrected chi connectivity index (χ0v) is 17.7. The van der Waals surface area contributed by atoms with Gasteiger partial charge in [0, 0.05) is 10.7 Å². The Kier molecular flexibility index (Phi) is 6.09. The van der Waals surface area contributed by atoms with E-state index < -0.39 is 0 Å². The molecule has 4 rings (SSSR count). The van der Waals surface area contributed by atoms with Gasteiger partial charge >= 0.3 is 0 Å². The van der Waals surface area contributed by atoms with Gasteiger partial charge < -0.3 is 19.7 Å². The molecule has 0 bridgehead atoms. The highest BCUT2D eigenvalue weighted by molar-refractivity contribution is 6.30. The van der Waals surface area contributed by atoms with Crippen molar-refractivity contribution in [3.8, 4) is 11.5 Å². The van der Waals surface area contributed by atoms with E-state index in [1.807, 2.05) is 49.4 Å². The van der Waals surface area contributed by atoms with Gasteiger partial charge in [0.1, 0.15) is 11.5 Å². The van der Waals surface area contributed by atoms with Gasteiger partial charge in [-0.2, -0.15) is 0 Å². The number of fused-ring (bicyclic) bond motifs is 1. The maximum Gasteiger partial charge on any atom is 0.265 e. The first-order chi connectivity index (χ1) is 15.0. The smallest absolute Gasteiger partial charge is 0.265 e. The van der Waals surface area contributed by atoms with Crippen LogP contribution in [0.2, 0.25) is 5.02 Å². The monoisotopic (exact) mass is 436 g/mol. The Hall–Kier alpha value is -3.51. The fourth-order valence-electron chi connectivity index (χ4n) is 3.25. The van der Waals surface area contributed by atoms with Crippen LogP contribution < -0.4 is 19.7 Å². The minimum Gasteiger partial charge on any atom is -0.484 e. The van der Waals surface area contributed by atoms with Gasteiger partial charge in [-0.1, -0.05) is 41.4 Å². The first-order valence-corrected chi connectivity index (χ1v) is 10.2. The van der Waals surface area contributed by atoms with Gasteiger partial charge in [0.25, 0.3) is 11.8 Å². The molecule has 0 aromatic heterocycles. The van der Waals surface area contributed by atoms with E-state index in [-0.39, 0.29) is 25.0 Å². The van der Waals surface area contributed by atoms with E-state index in [4.69, 9.17) is 21.1 Å². The number of amides is 2. The summed E-state index contributed by atoms with van der Waals surface area (Å²) in [5, 5.41) is 3.41. The average Bonchev–Trinajstić information content (AvgIpc) is 2.75. The summed E-state index contributed by atoms with van der Waals surface area (Å²) in [6.45, 7) is 2.17. The molecule has 7 heteroatoms. The molecule has 0 saturated carbocycles. The number of hydrogen-bond acceptors (Lipinski definition) is 4. The van der Waals surface area contributed by atoms with Crippen LogP contribution in [-0.4, -0.2) is 25.0 Å². The lowest BCUT2D eigenvalue weighted by Crippen LogP contribution is -2.38. The first kappa shape index (κ1) is 20.8. The molecule has 1 N–H and O–H groups in total. The van der Waals surface area contributed by atoms with Crippen LogP contribution in [0.3, 0.4) is 0 Å². The molecule has 0 spiro atoms. The van der Waals surface area contributed by atoms with Crippen molar-refractivity contribution in [3.05, 3.63) is 82.9 Å². The number of carbonyl (C=O) groups excluding carboxylic acids is 2. The fraction of sp³-hybridized carbons (Fsp3) is 0.167. The summed E-state index contributed by atoms with van der Waals surface area (Å²) in [6.07, 6.45) is 0. The molecule has 0 radical (unpaired) electrons. The number of ether oxygens (including phenoxy) is 2. The molecule has 2 amide bonds. The predicted molar refractivity (Wildman–Crippen MR) is 120 cm³/mol. The van der Waals surface area contributed by atoms with Gasteiger partial charge in [0.05, 0.1) is 12.2 Å². The summed E-state index contributed by atoms with van der Waals surface area (Å²) < 4.78 is 11.1. The van der Waals surface area contributed by atoms with Gasteiger partial charge in [0.15, 0.2) is 13.2 Å². The van der Waals surface area contributed by atoms with Crippen LogP contribution >= 0.6 is 11.6 Å². The number of anilines is 2. The Labute approximate surface area is 185 Å². The third kappa shape index (κ3) is 5.16. The number of nitrogens with zero attached hydrogens (tertiary/aromatic N) is 1. The Morgan fingerprint density at radius 1 is 1.13 bits per heavy atom. The molecule has 6 nitrogen and oxygen atoms in total. The van der Waals surface area contributed by atoms with Gasteiger partial charge in [-0.3, -0.25) is 9.59 Å². The highest BCUT2D eigenvalue weighted by Crippen LogP contribution is 2.35. The lowest BCUT2D eigenvalue weighted by atomic mass is 10.1. The summed E-state index contributed by atoms with van der Waals surface area (Å²) in [5.41, 5.74) is 3.15. The summed E-state index contributed by atoms with van der Waals surface area (Å²) in [7, 11) is 0. The lowest BCUT2D eigenvalue weighted by molar-refractivity contribution is -0.121. The molecule has 0 saturated heterocycles. The maximum atomic E-state index is 12.5. The SMILES string of the molecule is Cc1ccc(OCC(=O)Nc2ccc3c(c2)N(Cc2cccc(Cl)c2)C(=O)CO3)cc1. The molecule has 3 aromatic rings. The van der Waals surface area contributed by atoms with Crippen molar-refractivity contribution in [2.24, 2.45) is 0 Å². The second-order valence-electron chi connectivity index (χ2n) is 7.23. The van der Waals surface area contributed by atoms with E-state index in [0.29, 0.717) is 34.4 Å². The summed E-state index contributed by atoms with van der Waals surface area (Å²) in [6, 6.07) is 20.0. The zero-order valence-electron chi connectivity index (χ0n) is 16.9. The number of halogens is 1. The molecule has 1 aliphatic rings. The van der Waals surface area contributed by atoms with Gasteiger partial charge in [0.2, 0.25) is 0 Å². The molecule has 0 atom stereocenters. The Morgan fingerprint density at radius 2 is 1.94 bits per heavy atom. The summed E-state index contributed by atoms with van der Waals surface area (Å²) in [4.78, 5) is 26.5. The summed E-state index contributed by atoms with van der Waals surface area (Å²) >= 11 is 6.08. The molecular formula is C24H21ClN2O4. The minimum absolute atomic E-state index is 0.0380. The van der Waals surface area contributed by atoms with E-state index in [2.05, 4.69) is 5.32 Å². The van der Waals surface area contributed by atoms with Crippen molar-refractivity contribution in [3.63, 3.8) is 0 Å². The minimum atomic E-state index is -0.301. The van der Waals surface area contributed by atoms with Crippen molar-refractivity contribution in [2.45, 2.75) is 13.5 Å². The normalized spacial score (nSPS) is 12.7. The van der Waals surface area contributed by atoms with E-state index >= 15 is 0 Å². The Bertz CT molecular complexity index is 1110. The molecule has 0 aliphatic carbocycles. The number of benzene rings is 3. The zero-order chi connectivity index (χ0) is 21.8. The van der Waals surface area contributed by atoms with Gasteiger partial charge in [-0.05, 0) is 55.0 Å². The number of nitrogens with one attached hydrogen (secondary N) is 1. The number of rotatable bonds is 6. The van der Waals surface area contributed by atoms with Crippen LogP contribution in [-0.2, 0) is 16.1 Å². The van der Waals surface area contributed by atoms with Crippen LogP contribution in [0.25, 0.3) is 0 Å². The molecule has 31 heavy (non-hydrogen) atoms. The maximum absolute atomic E-state index is 12.5. The molecule has 158 valence electrons. The topological polar surface area (TPSA) is 67.9 Å². The van der Waals surface area contributed by atoms with E-state index in [1.165, 1.54) is 0 Å². The van der Waals surface area contributed by atoms with E-state index in [1.54, 1.807) is 29.2 Å². The van der Waals surface area contributed by atoms with Crippen LogP contribution in [0.15, 0.2) is 66.7 Å². The fourth-order valence-corrected chi connectivity index (χ4v) is 3.46. The molecular weight excluding hydrogens is 416 g/mol. The van der Waals surface area contributed by atoms with Crippen LogP contribution in [0, 0.1) is 6.92 Å². The van der Waals surface area contributed by atoms with Crippen molar-refractivity contribution in [1.29, 1.82) is 0 Å². The number of carbonyl (C=O) groups is 2. The highest BCUT2D eigenvalue weighted by Gasteiger charge is 2.26. The Balaban J connectivity index is 1.47. The lowest BCUT2D eigenvalue weighted by Gasteiger charge is -2.30. The van der Waals surface area contributed by atoms with Gasteiger partial charge in [-0.15, -0.1) is 0 Å². The van der Waals surface area contributed by atoms with Crippen molar-refractivity contribution < 1.29 is 19.1 Å². The van der Waals surface area contributed by atoms with Crippen LogP contribution in [0.5, 0.6) is 11.5 Å². The second-order valence-corrected chi connectivity index (χ2v) is 7.67. The third-order valence-corrected chi connectivity index (χ3v) is 5.04. The third-order valence-electron chi connectivity index (χ3n) is 4.81. The van der Waals surface area contributed by atoms with Crippen molar-refractivity contribution in [2.75, 3.05) is 23.4 Å². The van der Waals surface area contributed by atoms with Gasteiger partial charge in [-0.25, -0.2) is 0 Å². The molecule has 3 aromatic carbocycles. The average molecular weight is 437 g/mol. The molecule has 0 fully saturated rings. The number of hydrogen-bond donors (Lipinski definition) is 1. The Morgan fingerprint density at radius 3 is 2.71 bits per heavy atom. The quantitative estimate of drug-likeness (QED) is 0.613. The predicted octanol–water partition coefficient (Wildman–Crippen LogP) is 4.59. The molecule has 1 heterocycles. The van der Waals surface area contributed by atoms with Crippen molar-refractivity contribution in [1.82, 2.24) is 0 Å². The first-order valence-electron chi connectivity index (χ1n) is 9.79. The highest BCUT2D eigenvalue weighted by atomic mass is 35.5. The molecule has 0 unspecified atom stereocenters. The van der Waals surface area contributed by atoms with E-state index in [9.17, 15) is 9.59 Å². The van der Waals surface area contributed by atoms with Crippen LogP contribution in [0.4, 0.5) is 11.4 Å². The summed E-state index contributed by atoms with van der Waals surface area (Å²) in [5.74, 6) is 0.733. The van der Waals surface area contributed by atoms with Crippen LogP contribution in [0.1, 0.15) is 11.1 Å². The van der Waals surface area contributed by atoms with Crippen molar-refractivity contribution >= 4 is 34.8 Å². The molecule has 1 aliphatic heterocycles. The second kappa shape index (κ2) is 9.10. The number of aryl methyl sites for hydroxylation is 1. The largest absolute Gasteiger partial charge is 0.484 e.